The molecule has 148 valence electrons. The number of carbonyl (C=O) groups excluding carboxylic acids is 3. The minimum absolute atomic E-state index is 0.136. The molecule has 0 radical (unpaired) electrons. The molecule has 0 fully saturated rings. The third-order valence-corrected chi connectivity index (χ3v) is 4.75. The van der Waals surface area contributed by atoms with Crippen molar-refractivity contribution in [3.8, 4) is 0 Å². The van der Waals surface area contributed by atoms with Crippen molar-refractivity contribution in [2.24, 2.45) is 0 Å². The van der Waals surface area contributed by atoms with Gasteiger partial charge in [-0.05, 0) is 43.7 Å². The van der Waals surface area contributed by atoms with Gasteiger partial charge in [-0.25, -0.2) is 0 Å². The maximum Gasteiger partial charge on any atom is 0.253 e. The monoisotopic (exact) mass is 421 g/mol. The van der Waals surface area contributed by atoms with E-state index in [9.17, 15) is 14.4 Å². The van der Waals surface area contributed by atoms with Crippen LogP contribution in [-0.2, 0) is 11.3 Å². The second-order valence-corrected chi connectivity index (χ2v) is 6.86. The van der Waals surface area contributed by atoms with E-state index in [1.54, 1.807) is 43.3 Å². The molecular weight excluding hydrogens is 401 g/mol. The van der Waals surface area contributed by atoms with Crippen molar-refractivity contribution in [1.29, 1.82) is 0 Å². The Morgan fingerprint density at radius 1 is 1.00 bits per heavy atom. The Balaban J connectivity index is 1.94. The number of rotatable bonds is 7. The molecule has 0 aliphatic rings. The Labute approximate surface area is 173 Å². The van der Waals surface area contributed by atoms with Gasteiger partial charge in [0.25, 0.3) is 11.8 Å². The zero-order chi connectivity index (χ0) is 20.7. The highest BCUT2D eigenvalue weighted by Crippen LogP contribution is 2.25. The molecule has 0 aliphatic carbocycles. The molecule has 0 heterocycles. The van der Waals surface area contributed by atoms with Crippen LogP contribution < -0.4 is 16.0 Å². The molecule has 3 amide bonds. The van der Waals surface area contributed by atoms with Crippen LogP contribution in [0.3, 0.4) is 0 Å². The third-order valence-electron chi connectivity index (χ3n) is 3.93. The number of hydrogen-bond acceptors (Lipinski definition) is 3. The fourth-order valence-corrected chi connectivity index (χ4v) is 2.83. The highest BCUT2D eigenvalue weighted by Gasteiger charge is 2.19. The lowest BCUT2D eigenvalue weighted by molar-refractivity contribution is -0.122. The lowest BCUT2D eigenvalue weighted by atomic mass is 10.1. The van der Waals surface area contributed by atoms with Gasteiger partial charge in [0.1, 0.15) is 6.04 Å². The number of benzene rings is 2. The topological polar surface area (TPSA) is 87.3 Å². The number of amides is 3. The second kappa shape index (κ2) is 10.1. The summed E-state index contributed by atoms with van der Waals surface area (Å²) in [5, 5.41) is 8.45. The Morgan fingerprint density at radius 2 is 1.71 bits per heavy atom. The molecule has 2 rings (SSSR count). The van der Waals surface area contributed by atoms with Gasteiger partial charge < -0.3 is 16.0 Å². The predicted octanol–water partition coefficient (Wildman–Crippen LogP) is 3.18. The molecule has 0 saturated carbocycles. The van der Waals surface area contributed by atoms with Gasteiger partial charge in [-0.15, -0.1) is 0 Å². The molecule has 2 aromatic rings. The van der Waals surface area contributed by atoms with Crippen LogP contribution in [0.25, 0.3) is 0 Å². The summed E-state index contributed by atoms with van der Waals surface area (Å²) in [6.07, 6.45) is 0. The van der Waals surface area contributed by atoms with Gasteiger partial charge in [0, 0.05) is 18.7 Å². The van der Waals surface area contributed by atoms with Gasteiger partial charge in [0.15, 0.2) is 0 Å². The number of carbonyl (C=O) groups is 3. The van der Waals surface area contributed by atoms with Crippen molar-refractivity contribution >= 4 is 40.9 Å². The smallest absolute Gasteiger partial charge is 0.253 e. The highest BCUT2D eigenvalue weighted by molar-refractivity contribution is 6.43. The van der Waals surface area contributed by atoms with Gasteiger partial charge >= 0.3 is 0 Å². The van der Waals surface area contributed by atoms with Gasteiger partial charge in [-0.2, -0.15) is 0 Å². The molecule has 0 aliphatic heterocycles. The minimum Gasteiger partial charge on any atom is -0.352 e. The summed E-state index contributed by atoms with van der Waals surface area (Å²) in [7, 11) is 0. The first kappa shape index (κ1) is 21.7. The minimum atomic E-state index is -0.783. The second-order valence-electron chi connectivity index (χ2n) is 6.07. The molecule has 0 spiro atoms. The summed E-state index contributed by atoms with van der Waals surface area (Å²) in [5.41, 5.74) is 1.49. The van der Waals surface area contributed by atoms with E-state index < -0.39 is 11.9 Å². The average Bonchev–Trinajstić information content (AvgIpc) is 2.68. The van der Waals surface area contributed by atoms with Crippen molar-refractivity contribution < 1.29 is 14.4 Å². The Bertz CT molecular complexity index is 887. The van der Waals surface area contributed by atoms with Gasteiger partial charge in [-0.3, -0.25) is 14.4 Å². The van der Waals surface area contributed by atoms with Crippen molar-refractivity contribution in [1.82, 2.24) is 16.0 Å². The van der Waals surface area contributed by atoms with E-state index in [4.69, 9.17) is 23.2 Å². The fourth-order valence-electron chi connectivity index (χ4n) is 2.45. The largest absolute Gasteiger partial charge is 0.352 e. The van der Waals surface area contributed by atoms with Gasteiger partial charge in [-0.1, -0.05) is 41.4 Å². The molecular formula is C20H21Cl2N3O3. The normalized spacial score (nSPS) is 11.4. The standard InChI is InChI=1S/C20H21Cl2N3O3/c1-3-23-19(27)14-7-4-6-13(10-14)11-24-18(26)12(2)25-20(28)15-8-5-9-16(21)17(15)22/h4-10,12H,3,11H2,1-2H3,(H,23,27)(H,24,26)(H,25,28). The first-order valence-electron chi connectivity index (χ1n) is 8.73. The molecule has 6 nitrogen and oxygen atoms in total. The summed E-state index contributed by atoms with van der Waals surface area (Å²) >= 11 is 11.9. The first-order chi connectivity index (χ1) is 13.3. The molecule has 0 saturated heterocycles. The lowest BCUT2D eigenvalue weighted by Gasteiger charge is -2.15. The summed E-state index contributed by atoms with van der Waals surface area (Å²) in [6.45, 7) is 4.17. The molecule has 1 atom stereocenters. The van der Waals surface area contributed by atoms with Crippen LogP contribution in [0.15, 0.2) is 42.5 Å². The van der Waals surface area contributed by atoms with Crippen LogP contribution in [0.1, 0.15) is 40.1 Å². The average molecular weight is 422 g/mol. The van der Waals surface area contributed by atoms with Crippen LogP contribution in [0.4, 0.5) is 0 Å². The van der Waals surface area contributed by atoms with E-state index in [1.165, 1.54) is 6.07 Å². The fraction of sp³-hybridized carbons (Fsp3) is 0.250. The quantitative estimate of drug-likeness (QED) is 0.641. The van der Waals surface area contributed by atoms with Crippen molar-refractivity contribution in [3.05, 3.63) is 69.2 Å². The molecule has 0 bridgehead atoms. The Kier molecular flexibility index (Phi) is 7.84. The Hall–Kier alpha value is -2.57. The maximum absolute atomic E-state index is 12.3. The van der Waals surface area contributed by atoms with Crippen LogP contribution >= 0.6 is 23.2 Å². The SMILES string of the molecule is CCNC(=O)c1cccc(CNC(=O)C(C)NC(=O)c2cccc(Cl)c2Cl)c1. The first-order valence-corrected chi connectivity index (χ1v) is 9.48. The van der Waals surface area contributed by atoms with Gasteiger partial charge in [0.2, 0.25) is 5.91 Å². The summed E-state index contributed by atoms with van der Waals surface area (Å²) < 4.78 is 0. The van der Waals surface area contributed by atoms with Crippen LogP contribution in [0.5, 0.6) is 0 Å². The molecule has 8 heteroatoms. The summed E-state index contributed by atoms with van der Waals surface area (Å²) in [5.74, 6) is -1.03. The molecule has 3 N–H and O–H groups in total. The number of nitrogens with one attached hydrogen (secondary N) is 3. The highest BCUT2D eigenvalue weighted by atomic mass is 35.5. The Morgan fingerprint density at radius 3 is 2.43 bits per heavy atom. The molecule has 2 aromatic carbocycles. The van der Waals surface area contributed by atoms with E-state index in [-0.39, 0.29) is 34.0 Å². The van der Waals surface area contributed by atoms with Crippen molar-refractivity contribution in [2.75, 3.05) is 6.54 Å². The molecule has 1 unspecified atom stereocenters. The van der Waals surface area contributed by atoms with E-state index in [2.05, 4.69) is 16.0 Å². The van der Waals surface area contributed by atoms with Crippen LogP contribution in [0, 0.1) is 0 Å². The van der Waals surface area contributed by atoms with Crippen molar-refractivity contribution in [3.63, 3.8) is 0 Å². The van der Waals surface area contributed by atoms with Gasteiger partial charge in [0.05, 0.1) is 15.6 Å². The van der Waals surface area contributed by atoms with Crippen molar-refractivity contribution in [2.45, 2.75) is 26.4 Å². The zero-order valence-corrected chi connectivity index (χ0v) is 17.0. The predicted molar refractivity (Wildman–Crippen MR) is 110 cm³/mol. The third kappa shape index (κ3) is 5.71. The summed E-state index contributed by atoms with van der Waals surface area (Å²) in [4.78, 5) is 36.5. The zero-order valence-electron chi connectivity index (χ0n) is 15.5. The molecule has 0 aromatic heterocycles. The number of halogens is 2. The van der Waals surface area contributed by atoms with E-state index in [0.717, 1.165) is 5.56 Å². The van der Waals surface area contributed by atoms with Crippen LogP contribution in [-0.4, -0.2) is 30.3 Å². The number of hydrogen-bond donors (Lipinski definition) is 3. The van der Waals surface area contributed by atoms with Crippen LogP contribution in [0.2, 0.25) is 10.0 Å². The van der Waals surface area contributed by atoms with E-state index >= 15 is 0 Å². The lowest BCUT2D eigenvalue weighted by Crippen LogP contribution is -2.44. The summed E-state index contributed by atoms with van der Waals surface area (Å²) in [6, 6.07) is 10.9. The van der Waals surface area contributed by atoms with E-state index in [1.807, 2.05) is 6.92 Å². The molecule has 28 heavy (non-hydrogen) atoms. The van der Waals surface area contributed by atoms with E-state index in [0.29, 0.717) is 12.1 Å². The maximum atomic E-state index is 12.3.